The monoisotopic (exact) mass is 1980 g/mol. The van der Waals surface area contributed by atoms with Crippen molar-refractivity contribution >= 4 is 114 Å². The fourth-order valence-electron chi connectivity index (χ4n) is 14.6. The Morgan fingerprint density at radius 1 is 0.365 bits per heavy atom. The maximum Gasteiger partial charge on any atom is 0.319 e. The summed E-state index contributed by atoms with van der Waals surface area (Å²) in [5.74, 6) is 4.70. The van der Waals surface area contributed by atoms with Crippen molar-refractivity contribution in [3.05, 3.63) is 340 Å². The minimum atomic E-state index is -0.616. The quantitative estimate of drug-likeness (QED) is 0.0119. The van der Waals surface area contributed by atoms with Gasteiger partial charge in [-0.15, -0.1) is 23.5 Å². The summed E-state index contributed by atoms with van der Waals surface area (Å²) in [5, 5.41) is -0.212. The summed E-state index contributed by atoms with van der Waals surface area (Å²) in [6.07, 6.45) is 8.95. The van der Waals surface area contributed by atoms with Gasteiger partial charge in [0, 0.05) is 11.7 Å². The van der Waals surface area contributed by atoms with E-state index in [1.54, 1.807) is 52.0 Å². The number of carbonyl (C=O) groups is 6. The summed E-state index contributed by atoms with van der Waals surface area (Å²) in [6.45, 7) is 17.3. The molecule has 15 rings (SSSR count). The number of hydrogen-bond donors (Lipinski definition) is 0. The van der Waals surface area contributed by atoms with Crippen LogP contribution in [-0.2, 0) is 101 Å². The molecule has 2 aliphatic carbocycles. The Bertz CT molecular complexity index is 4740. The molecule has 137 heavy (non-hydrogen) atoms. The molecule has 1 heterocycles. The van der Waals surface area contributed by atoms with Gasteiger partial charge in [0.15, 0.2) is 58.7 Å². The molecule has 0 spiro atoms. The molecule has 23 heteroatoms. The van der Waals surface area contributed by atoms with Crippen LogP contribution >= 0.6 is 35.3 Å². The highest BCUT2D eigenvalue weighted by Gasteiger charge is 2.62. The Morgan fingerprint density at radius 2 is 0.664 bits per heavy atom. The van der Waals surface area contributed by atoms with Crippen LogP contribution in [0.3, 0.4) is 0 Å². The second-order valence-electron chi connectivity index (χ2n) is 31.8. The number of hydrogen-bond acceptors (Lipinski definition) is 19. The molecule has 2 saturated carbocycles. The topological polar surface area (TPSA) is 195 Å². The predicted molar refractivity (Wildman–Crippen MR) is 564 cm³/mol. The van der Waals surface area contributed by atoms with Crippen LogP contribution in [0.1, 0.15) is 101 Å². The Balaban J connectivity index is 0.000000196. The normalized spacial score (nSPS) is 15.2. The molecule has 1 saturated heterocycles. The van der Waals surface area contributed by atoms with Crippen molar-refractivity contribution in [1.29, 1.82) is 0 Å². The van der Waals surface area contributed by atoms with Crippen LogP contribution in [0, 0.1) is 23.7 Å². The van der Waals surface area contributed by atoms with Gasteiger partial charge in [-0.2, -0.15) is 11.8 Å². The summed E-state index contributed by atoms with van der Waals surface area (Å²) in [7, 11) is 9.13. The molecule has 724 valence electrons. The summed E-state index contributed by atoms with van der Waals surface area (Å²) in [5.41, 5.74) is 0. The number of fused-ring (bicyclic) bond motifs is 1. The fraction of sp³-hybridized carbons (Fsp3) is 0.316. The van der Waals surface area contributed by atoms with Crippen LogP contribution in [0.2, 0.25) is 0 Å². The number of methoxy groups -OCH3 is 6. The molecule has 9 atom stereocenters. The van der Waals surface area contributed by atoms with Gasteiger partial charge in [0.1, 0.15) is 40.8 Å². The van der Waals surface area contributed by atoms with E-state index in [2.05, 4.69) is 308 Å². The van der Waals surface area contributed by atoms with E-state index in [0.717, 1.165) is 47.3 Å². The minimum Gasteiger partial charge on any atom is -0.497 e. The van der Waals surface area contributed by atoms with Gasteiger partial charge in [0.2, 0.25) is 0 Å². The van der Waals surface area contributed by atoms with Crippen LogP contribution in [0.5, 0.6) is 23.0 Å². The number of benzene rings is 12. The van der Waals surface area contributed by atoms with E-state index in [4.69, 9.17) is 37.9 Å². The summed E-state index contributed by atoms with van der Waals surface area (Å²) >= 11 is 4.73. The minimum absolute atomic E-state index is 0.000594. The first-order valence-electron chi connectivity index (χ1n) is 46.1. The smallest absolute Gasteiger partial charge is 0.319 e. The molecule has 3 fully saturated rings. The number of thioether (sulfide) groups is 3. The van der Waals surface area contributed by atoms with Crippen LogP contribution in [-0.4, -0.2) is 143 Å². The van der Waals surface area contributed by atoms with Gasteiger partial charge in [0.25, 0.3) is 0 Å². The largest absolute Gasteiger partial charge is 0.497 e. The third-order valence-corrected chi connectivity index (χ3v) is 34.0. The van der Waals surface area contributed by atoms with E-state index in [1.807, 2.05) is 96.3 Å². The van der Waals surface area contributed by atoms with Gasteiger partial charge in [-0.3, -0.25) is 28.8 Å². The number of unbranched alkanes of at least 4 members (excludes halogenated alkanes) is 3. The SMILES string of the molecule is CCCCCCSC(C)C(=O)OC(C)C.CCOC(=O)C(C)SCCOC1C2CC3C(=O)OC1C3C2.COC(=O)C(C)C(C)=O.COC(=O)C(C)SC.COc1ccc([S+](c2ccccc2)c2ccccc2)cc1.COc1ccc([S+](c2ccccc2)c2ccccc2)cc1.COc1ccc([S+](c2ccccc2)c2ccccc2)cc1.COc1ccc([S+](c2ccccc2)c2ccccc2)cc1. The van der Waals surface area contributed by atoms with E-state index in [0.29, 0.717) is 25.0 Å². The molecule has 9 unspecified atom stereocenters. The Kier molecular flexibility index (Phi) is 50.7. The van der Waals surface area contributed by atoms with E-state index in [9.17, 15) is 28.8 Å². The van der Waals surface area contributed by atoms with Gasteiger partial charge < -0.3 is 47.4 Å². The van der Waals surface area contributed by atoms with Gasteiger partial charge in [-0.1, -0.05) is 172 Å². The molecule has 2 bridgehead atoms. The lowest BCUT2D eigenvalue weighted by Gasteiger charge is -2.25. The van der Waals surface area contributed by atoms with Crippen LogP contribution < -0.4 is 18.9 Å². The van der Waals surface area contributed by atoms with E-state index in [-0.39, 0.29) is 113 Å². The number of carbonyl (C=O) groups excluding carboxylic acids is 6. The summed E-state index contributed by atoms with van der Waals surface area (Å²) < 4.78 is 51.3. The average molecular weight is 1980 g/mol. The molecular formula is C114H134O16S7+4. The van der Waals surface area contributed by atoms with Crippen LogP contribution in [0.25, 0.3) is 0 Å². The highest BCUT2D eigenvalue weighted by Crippen LogP contribution is 2.55. The van der Waals surface area contributed by atoms with Crippen molar-refractivity contribution in [2.75, 3.05) is 73.6 Å². The number of Topliss-reactive ketones (excluding diaryl/α,β-unsaturated/α-hetero) is 1. The number of ether oxygens (including phenoxy) is 10. The first kappa shape index (κ1) is 112. The van der Waals surface area contributed by atoms with Gasteiger partial charge in [0.05, 0.1) is 133 Å². The number of esters is 5. The first-order valence-corrected chi connectivity index (χ1v) is 54.4. The second-order valence-corrected chi connectivity index (χ2v) is 43.9. The fourth-order valence-corrected chi connectivity index (χ4v) is 24.9. The highest BCUT2D eigenvalue weighted by molar-refractivity contribution is 8.01. The highest BCUT2D eigenvalue weighted by atomic mass is 32.2. The van der Waals surface area contributed by atoms with E-state index >= 15 is 0 Å². The zero-order valence-corrected chi connectivity index (χ0v) is 87.3. The molecular weight excluding hydrogens is 1850 g/mol. The van der Waals surface area contributed by atoms with Crippen LogP contribution in [0.4, 0.5) is 0 Å². The van der Waals surface area contributed by atoms with Crippen molar-refractivity contribution in [1.82, 2.24) is 0 Å². The molecule has 12 aromatic carbocycles. The van der Waals surface area contributed by atoms with E-state index in [1.165, 1.54) is 124 Å². The maximum atomic E-state index is 11.7. The van der Waals surface area contributed by atoms with Crippen molar-refractivity contribution in [2.45, 2.75) is 194 Å². The molecule has 0 radical (unpaired) electrons. The first-order chi connectivity index (χ1) is 66.5. The van der Waals surface area contributed by atoms with Crippen molar-refractivity contribution in [3.63, 3.8) is 0 Å². The number of ketones is 1. The Labute approximate surface area is 837 Å². The Hall–Kier alpha value is -10.7. The van der Waals surface area contributed by atoms with Gasteiger partial charge >= 0.3 is 29.8 Å². The number of rotatable bonds is 35. The lowest BCUT2D eigenvalue weighted by atomic mass is 9.88. The lowest BCUT2D eigenvalue weighted by Crippen LogP contribution is -2.34. The predicted octanol–water partition coefficient (Wildman–Crippen LogP) is 25.7. The Morgan fingerprint density at radius 3 is 0.920 bits per heavy atom. The molecule has 0 amide bonds. The third kappa shape index (κ3) is 36.5. The second kappa shape index (κ2) is 62.3. The van der Waals surface area contributed by atoms with Crippen molar-refractivity contribution < 1.29 is 76.1 Å². The molecule has 0 N–H and O–H groups in total. The molecule has 12 aromatic rings. The molecule has 16 nitrogen and oxygen atoms in total. The zero-order chi connectivity index (χ0) is 98.6. The van der Waals surface area contributed by atoms with E-state index < -0.39 is 11.9 Å². The van der Waals surface area contributed by atoms with Gasteiger partial charge in [-0.25, -0.2) is 0 Å². The summed E-state index contributed by atoms with van der Waals surface area (Å²) in [6, 6.07) is 119. The van der Waals surface area contributed by atoms with Crippen LogP contribution in [0.15, 0.2) is 398 Å². The molecule has 1 aliphatic heterocycles. The molecule has 0 aromatic heterocycles. The summed E-state index contributed by atoms with van der Waals surface area (Å²) in [4.78, 5) is 81.9. The molecule has 3 aliphatic rings. The third-order valence-electron chi connectivity index (χ3n) is 21.9. The standard InChI is InChI=1S/4C19H17OS.C15H22O5S.C12H24O2S.C6H10O3.C5H10O2S/c4*1-20-16-12-14-19(15-13-16)21(17-8-4-2-5-9-17)18-10-6-3-7-11-18;1-3-18-14(16)8(2)21-5-4-19-12-9-6-10-11(7-9)15(17)20-13(10)12;1-5-6-7-8-9-15-11(4)12(13)14-10(2)3;1-4(5(2)7)6(8)9-3;1-4(8-3)5(6)7-2/h4*2-15H,1H3;8-13H,3-7H2,1-2H3;10-11H,5-9H2,1-4H3;4H,1-3H3;4H,1-3H3/q4*+1;;;;. The van der Waals surface area contributed by atoms with Gasteiger partial charge in [-0.05, 0) is 287 Å². The lowest BCUT2D eigenvalue weighted by molar-refractivity contribution is -0.149. The maximum absolute atomic E-state index is 11.7. The van der Waals surface area contributed by atoms with Crippen molar-refractivity contribution in [2.24, 2.45) is 23.7 Å². The van der Waals surface area contributed by atoms with Crippen molar-refractivity contribution in [3.8, 4) is 23.0 Å². The zero-order valence-electron chi connectivity index (χ0n) is 81.6. The average Bonchev–Trinajstić information content (AvgIpc) is 1.57.